The van der Waals surface area contributed by atoms with Crippen molar-refractivity contribution in [2.75, 3.05) is 0 Å². The summed E-state index contributed by atoms with van der Waals surface area (Å²) in [7, 11) is 0. The molecule has 0 saturated carbocycles. The summed E-state index contributed by atoms with van der Waals surface area (Å²) < 4.78 is 13.3. The van der Waals surface area contributed by atoms with E-state index in [9.17, 15) is 9.50 Å². The van der Waals surface area contributed by atoms with E-state index in [0.29, 0.717) is 18.2 Å². The van der Waals surface area contributed by atoms with Gasteiger partial charge in [-0.15, -0.1) is 11.3 Å². The number of para-hydroxylation sites is 1. The van der Waals surface area contributed by atoms with E-state index in [4.69, 9.17) is 0 Å². The molecule has 0 radical (unpaired) electrons. The molecule has 0 amide bonds. The van der Waals surface area contributed by atoms with E-state index in [1.54, 1.807) is 12.1 Å². The van der Waals surface area contributed by atoms with Crippen LogP contribution in [0.3, 0.4) is 0 Å². The van der Waals surface area contributed by atoms with Gasteiger partial charge in [-0.3, -0.25) is 0 Å². The molecule has 1 atom stereocenters. The van der Waals surface area contributed by atoms with Crippen LogP contribution in [-0.2, 0) is 13.0 Å². The number of phenols is 1. The summed E-state index contributed by atoms with van der Waals surface area (Å²) in [6.07, 6.45) is 3.44. The standard InChI is InChI=1S/C15H16FNOS/c16-12-4-1-3-10(15(12)18)9-17-13-5-2-6-14-11(13)7-8-19-14/h1,3-4,7-8,13,17-18H,2,5-6,9H2. The van der Waals surface area contributed by atoms with Gasteiger partial charge in [0, 0.05) is 23.0 Å². The van der Waals surface area contributed by atoms with Gasteiger partial charge < -0.3 is 10.4 Å². The van der Waals surface area contributed by atoms with Crippen LogP contribution in [0.2, 0.25) is 0 Å². The third kappa shape index (κ3) is 2.51. The summed E-state index contributed by atoms with van der Waals surface area (Å²) >= 11 is 1.81. The Morgan fingerprint density at radius 1 is 1.37 bits per heavy atom. The lowest BCUT2D eigenvalue weighted by Crippen LogP contribution is -2.23. The van der Waals surface area contributed by atoms with Crippen LogP contribution >= 0.6 is 11.3 Å². The molecule has 100 valence electrons. The average Bonchev–Trinajstić information content (AvgIpc) is 2.89. The Morgan fingerprint density at radius 3 is 3.16 bits per heavy atom. The lowest BCUT2D eigenvalue weighted by molar-refractivity contribution is 0.413. The SMILES string of the molecule is Oc1c(F)cccc1CNC1CCCc2sccc21. The van der Waals surface area contributed by atoms with E-state index in [2.05, 4.69) is 16.8 Å². The van der Waals surface area contributed by atoms with E-state index < -0.39 is 5.82 Å². The molecule has 0 saturated heterocycles. The number of halogens is 1. The van der Waals surface area contributed by atoms with Gasteiger partial charge in [0.05, 0.1) is 0 Å². The van der Waals surface area contributed by atoms with Crippen LogP contribution < -0.4 is 5.32 Å². The highest BCUT2D eigenvalue weighted by atomic mass is 32.1. The summed E-state index contributed by atoms with van der Waals surface area (Å²) in [6.45, 7) is 0.490. The van der Waals surface area contributed by atoms with Gasteiger partial charge in [-0.2, -0.15) is 0 Å². The van der Waals surface area contributed by atoms with Crippen molar-refractivity contribution in [3.8, 4) is 5.75 Å². The Kier molecular flexibility index (Phi) is 3.53. The molecular weight excluding hydrogens is 261 g/mol. The molecule has 3 rings (SSSR count). The Morgan fingerprint density at radius 2 is 2.26 bits per heavy atom. The van der Waals surface area contributed by atoms with Crippen LogP contribution in [-0.4, -0.2) is 5.11 Å². The second-order valence-corrected chi connectivity index (χ2v) is 5.87. The monoisotopic (exact) mass is 277 g/mol. The van der Waals surface area contributed by atoms with Crippen molar-refractivity contribution in [1.82, 2.24) is 5.32 Å². The largest absolute Gasteiger partial charge is 0.505 e. The number of fused-ring (bicyclic) bond motifs is 1. The van der Waals surface area contributed by atoms with Crippen LogP contribution in [0, 0.1) is 5.82 Å². The minimum Gasteiger partial charge on any atom is -0.505 e. The molecule has 0 spiro atoms. The van der Waals surface area contributed by atoms with Crippen molar-refractivity contribution in [1.29, 1.82) is 0 Å². The van der Waals surface area contributed by atoms with Crippen LogP contribution in [0.1, 0.15) is 34.9 Å². The number of benzene rings is 1. The average molecular weight is 277 g/mol. The number of aromatic hydroxyl groups is 1. The van der Waals surface area contributed by atoms with Crippen molar-refractivity contribution in [2.45, 2.75) is 31.8 Å². The predicted molar refractivity (Wildman–Crippen MR) is 74.9 cm³/mol. The summed E-state index contributed by atoms with van der Waals surface area (Å²) in [4.78, 5) is 1.45. The number of rotatable bonds is 3. The maximum absolute atomic E-state index is 13.3. The molecule has 1 heterocycles. The minimum absolute atomic E-state index is 0.239. The topological polar surface area (TPSA) is 32.3 Å². The maximum Gasteiger partial charge on any atom is 0.165 e. The number of hydrogen-bond donors (Lipinski definition) is 2. The van der Waals surface area contributed by atoms with Crippen LogP contribution in [0.25, 0.3) is 0 Å². The highest BCUT2D eigenvalue weighted by Gasteiger charge is 2.21. The first-order valence-corrected chi connectivity index (χ1v) is 7.39. The molecule has 1 aromatic carbocycles. The van der Waals surface area contributed by atoms with Crippen LogP contribution in [0.5, 0.6) is 5.75 Å². The Hall–Kier alpha value is -1.39. The first-order chi connectivity index (χ1) is 9.25. The van der Waals surface area contributed by atoms with E-state index in [0.717, 1.165) is 12.8 Å². The second-order valence-electron chi connectivity index (χ2n) is 4.87. The fraction of sp³-hybridized carbons (Fsp3) is 0.333. The minimum atomic E-state index is -0.556. The van der Waals surface area contributed by atoms with E-state index in [-0.39, 0.29) is 5.75 Å². The van der Waals surface area contributed by atoms with E-state index in [1.807, 2.05) is 11.3 Å². The van der Waals surface area contributed by atoms with E-state index in [1.165, 1.54) is 22.9 Å². The van der Waals surface area contributed by atoms with Gasteiger partial charge in [0.2, 0.25) is 0 Å². The normalized spacial score (nSPS) is 18.3. The Labute approximate surface area is 115 Å². The molecule has 1 aliphatic carbocycles. The molecule has 2 N–H and O–H groups in total. The first kappa shape index (κ1) is 12.6. The molecule has 0 fully saturated rings. The summed E-state index contributed by atoms with van der Waals surface area (Å²) in [5.41, 5.74) is 1.98. The molecule has 1 aromatic heterocycles. The van der Waals surface area contributed by atoms with Crippen molar-refractivity contribution in [3.05, 3.63) is 51.5 Å². The van der Waals surface area contributed by atoms with Gasteiger partial charge in [0.25, 0.3) is 0 Å². The maximum atomic E-state index is 13.3. The third-order valence-electron chi connectivity index (χ3n) is 3.66. The molecule has 0 aliphatic heterocycles. The molecule has 1 aliphatic rings. The fourth-order valence-electron chi connectivity index (χ4n) is 2.63. The quantitative estimate of drug-likeness (QED) is 0.895. The number of nitrogens with one attached hydrogen (secondary N) is 1. The molecule has 19 heavy (non-hydrogen) atoms. The van der Waals surface area contributed by atoms with E-state index >= 15 is 0 Å². The van der Waals surface area contributed by atoms with Gasteiger partial charge in [-0.1, -0.05) is 12.1 Å². The lowest BCUT2D eigenvalue weighted by atomic mass is 9.94. The first-order valence-electron chi connectivity index (χ1n) is 6.51. The van der Waals surface area contributed by atoms with Crippen LogP contribution in [0.4, 0.5) is 4.39 Å². The number of phenolic OH excluding ortho intramolecular Hbond substituents is 1. The highest BCUT2D eigenvalue weighted by Crippen LogP contribution is 2.33. The Balaban J connectivity index is 1.73. The second kappa shape index (κ2) is 5.31. The molecule has 2 nitrogen and oxygen atoms in total. The van der Waals surface area contributed by atoms with Gasteiger partial charge in [0.1, 0.15) is 0 Å². The molecular formula is C15H16FNOS. The van der Waals surface area contributed by atoms with Crippen molar-refractivity contribution in [3.63, 3.8) is 0 Å². The van der Waals surface area contributed by atoms with Crippen molar-refractivity contribution in [2.24, 2.45) is 0 Å². The smallest absolute Gasteiger partial charge is 0.165 e. The zero-order valence-corrected chi connectivity index (χ0v) is 11.3. The third-order valence-corrected chi connectivity index (χ3v) is 4.66. The molecule has 0 bridgehead atoms. The fourth-order valence-corrected chi connectivity index (χ4v) is 3.62. The lowest BCUT2D eigenvalue weighted by Gasteiger charge is -2.24. The molecule has 4 heteroatoms. The number of thiophene rings is 1. The van der Waals surface area contributed by atoms with Gasteiger partial charge in [-0.25, -0.2) is 4.39 Å². The van der Waals surface area contributed by atoms with Crippen LogP contribution in [0.15, 0.2) is 29.6 Å². The number of aryl methyl sites for hydroxylation is 1. The number of hydrogen-bond acceptors (Lipinski definition) is 3. The zero-order chi connectivity index (χ0) is 13.2. The van der Waals surface area contributed by atoms with Crippen molar-refractivity contribution < 1.29 is 9.50 Å². The van der Waals surface area contributed by atoms with Crippen molar-refractivity contribution >= 4 is 11.3 Å². The summed E-state index contributed by atoms with van der Waals surface area (Å²) in [6, 6.07) is 7.14. The zero-order valence-electron chi connectivity index (χ0n) is 10.5. The Bertz CT molecular complexity index is 581. The summed E-state index contributed by atoms with van der Waals surface area (Å²) in [5.74, 6) is -0.796. The van der Waals surface area contributed by atoms with Gasteiger partial charge in [-0.05, 0) is 42.3 Å². The molecule has 2 aromatic rings. The summed E-state index contributed by atoms with van der Waals surface area (Å²) in [5, 5.41) is 15.2. The predicted octanol–water partition coefficient (Wildman–Crippen LogP) is 3.76. The van der Waals surface area contributed by atoms with Gasteiger partial charge in [0.15, 0.2) is 11.6 Å². The highest BCUT2D eigenvalue weighted by molar-refractivity contribution is 7.10. The molecule has 1 unspecified atom stereocenters. The van der Waals surface area contributed by atoms with Gasteiger partial charge >= 0.3 is 0 Å².